The Morgan fingerprint density at radius 1 is 1.15 bits per heavy atom. The summed E-state index contributed by atoms with van der Waals surface area (Å²) in [6.07, 6.45) is 0. The van der Waals surface area contributed by atoms with Crippen molar-refractivity contribution in [3.63, 3.8) is 0 Å². The van der Waals surface area contributed by atoms with E-state index in [-0.39, 0.29) is 24.0 Å². The summed E-state index contributed by atoms with van der Waals surface area (Å²) in [5, 5.41) is 5.93. The zero-order valence-electron chi connectivity index (χ0n) is 12.4. The predicted octanol–water partition coefficient (Wildman–Crippen LogP) is 1.48. The maximum Gasteiger partial charge on any atom is 0.337 e. The molecule has 0 aliphatic heterocycles. The molecule has 1 amide bonds. The van der Waals surface area contributed by atoms with E-state index in [1.54, 1.807) is 24.3 Å². The molecule has 1 aromatic rings. The normalized spacial score (nSPS) is 11.0. The molecule has 0 fully saturated rings. The maximum absolute atomic E-state index is 11.6. The smallest absolute Gasteiger partial charge is 0.337 e. The van der Waals surface area contributed by atoms with E-state index in [1.165, 1.54) is 7.11 Å². The van der Waals surface area contributed by atoms with Gasteiger partial charge < -0.3 is 15.4 Å². The Morgan fingerprint density at radius 2 is 1.75 bits per heavy atom. The van der Waals surface area contributed by atoms with Crippen LogP contribution in [0.15, 0.2) is 24.3 Å². The summed E-state index contributed by atoms with van der Waals surface area (Å²) in [6.45, 7) is 6.74. The van der Waals surface area contributed by atoms with Crippen LogP contribution < -0.4 is 10.6 Å². The maximum atomic E-state index is 11.6. The Labute approximate surface area is 119 Å². The lowest BCUT2D eigenvalue weighted by atomic mass is 10.1. The highest BCUT2D eigenvalue weighted by Gasteiger charge is 2.11. The number of nitrogens with one attached hydrogen (secondary N) is 2. The summed E-state index contributed by atoms with van der Waals surface area (Å²) in [6, 6.07) is 6.95. The number of esters is 1. The fraction of sp³-hybridized carbons (Fsp3) is 0.467. The van der Waals surface area contributed by atoms with E-state index < -0.39 is 0 Å². The van der Waals surface area contributed by atoms with Crippen LogP contribution >= 0.6 is 0 Å². The van der Waals surface area contributed by atoms with Gasteiger partial charge in [0.15, 0.2) is 0 Å². The highest BCUT2D eigenvalue weighted by molar-refractivity contribution is 5.89. The fourth-order valence-electron chi connectivity index (χ4n) is 1.49. The molecule has 0 aromatic heterocycles. The van der Waals surface area contributed by atoms with Crippen LogP contribution in [0.4, 0.5) is 0 Å². The van der Waals surface area contributed by atoms with Crippen LogP contribution in [-0.4, -0.2) is 31.1 Å². The van der Waals surface area contributed by atoms with E-state index in [2.05, 4.69) is 15.4 Å². The van der Waals surface area contributed by atoms with Crippen molar-refractivity contribution in [2.24, 2.45) is 0 Å². The molecule has 0 spiro atoms. The zero-order valence-corrected chi connectivity index (χ0v) is 12.4. The lowest BCUT2D eigenvalue weighted by molar-refractivity contribution is -0.120. The van der Waals surface area contributed by atoms with Gasteiger partial charge in [0.1, 0.15) is 0 Å². The topological polar surface area (TPSA) is 67.4 Å². The standard InChI is InChI=1S/C15H22N2O3/c1-15(2,3)17-10-13(18)16-9-11-5-7-12(8-6-11)14(19)20-4/h5-8,17H,9-10H2,1-4H3,(H,16,18). The first-order valence-corrected chi connectivity index (χ1v) is 6.51. The van der Waals surface area contributed by atoms with Crippen molar-refractivity contribution in [1.82, 2.24) is 10.6 Å². The van der Waals surface area contributed by atoms with Crippen LogP contribution in [0, 0.1) is 0 Å². The summed E-state index contributed by atoms with van der Waals surface area (Å²) in [5.41, 5.74) is 1.35. The summed E-state index contributed by atoms with van der Waals surface area (Å²) in [7, 11) is 1.35. The van der Waals surface area contributed by atoms with Crippen LogP contribution in [0.25, 0.3) is 0 Å². The molecule has 0 bridgehead atoms. The Balaban J connectivity index is 2.42. The average molecular weight is 278 g/mol. The second-order valence-electron chi connectivity index (χ2n) is 5.57. The van der Waals surface area contributed by atoms with Crippen molar-refractivity contribution in [2.45, 2.75) is 32.9 Å². The molecule has 0 saturated heterocycles. The molecular weight excluding hydrogens is 256 g/mol. The Hall–Kier alpha value is -1.88. The molecule has 5 nitrogen and oxygen atoms in total. The molecule has 0 unspecified atom stereocenters. The minimum Gasteiger partial charge on any atom is -0.465 e. The molecule has 0 heterocycles. The molecule has 0 atom stereocenters. The Kier molecular flexibility index (Phi) is 5.70. The number of ether oxygens (including phenoxy) is 1. The number of carbonyl (C=O) groups excluding carboxylic acids is 2. The quantitative estimate of drug-likeness (QED) is 0.801. The van der Waals surface area contributed by atoms with Gasteiger partial charge in [0.2, 0.25) is 5.91 Å². The van der Waals surface area contributed by atoms with Crippen molar-refractivity contribution in [2.75, 3.05) is 13.7 Å². The van der Waals surface area contributed by atoms with Crippen molar-refractivity contribution in [3.05, 3.63) is 35.4 Å². The van der Waals surface area contributed by atoms with Gasteiger partial charge in [-0.2, -0.15) is 0 Å². The van der Waals surface area contributed by atoms with Gasteiger partial charge in [-0.1, -0.05) is 12.1 Å². The summed E-state index contributed by atoms with van der Waals surface area (Å²) < 4.78 is 4.62. The van der Waals surface area contributed by atoms with Crippen LogP contribution in [0.3, 0.4) is 0 Å². The van der Waals surface area contributed by atoms with Gasteiger partial charge in [-0.15, -0.1) is 0 Å². The van der Waals surface area contributed by atoms with Crippen LogP contribution in [-0.2, 0) is 16.1 Å². The predicted molar refractivity (Wildman–Crippen MR) is 77.4 cm³/mol. The lowest BCUT2D eigenvalue weighted by Gasteiger charge is -2.20. The summed E-state index contributed by atoms with van der Waals surface area (Å²) >= 11 is 0. The number of hydrogen-bond donors (Lipinski definition) is 2. The van der Waals surface area contributed by atoms with E-state index in [1.807, 2.05) is 20.8 Å². The van der Waals surface area contributed by atoms with Crippen molar-refractivity contribution < 1.29 is 14.3 Å². The van der Waals surface area contributed by atoms with E-state index in [4.69, 9.17) is 0 Å². The second-order valence-corrected chi connectivity index (χ2v) is 5.57. The SMILES string of the molecule is COC(=O)c1ccc(CNC(=O)CNC(C)(C)C)cc1. The van der Waals surface area contributed by atoms with Crippen LogP contribution in [0.2, 0.25) is 0 Å². The number of rotatable bonds is 5. The number of methoxy groups -OCH3 is 1. The fourth-order valence-corrected chi connectivity index (χ4v) is 1.49. The van der Waals surface area contributed by atoms with Gasteiger partial charge in [-0.25, -0.2) is 4.79 Å². The van der Waals surface area contributed by atoms with Crippen LogP contribution in [0.5, 0.6) is 0 Å². The van der Waals surface area contributed by atoms with Crippen molar-refractivity contribution in [3.8, 4) is 0 Å². The van der Waals surface area contributed by atoms with Gasteiger partial charge in [0.25, 0.3) is 0 Å². The molecule has 1 rings (SSSR count). The molecule has 0 aliphatic rings. The number of carbonyl (C=O) groups is 2. The van der Waals surface area contributed by atoms with Gasteiger partial charge >= 0.3 is 5.97 Å². The molecule has 20 heavy (non-hydrogen) atoms. The monoisotopic (exact) mass is 278 g/mol. The molecule has 5 heteroatoms. The largest absolute Gasteiger partial charge is 0.465 e. The molecule has 0 radical (unpaired) electrons. The second kappa shape index (κ2) is 7.05. The van der Waals surface area contributed by atoms with E-state index in [9.17, 15) is 9.59 Å². The minimum atomic E-state index is -0.366. The van der Waals surface area contributed by atoms with Gasteiger partial charge in [0, 0.05) is 12.1 Å². The molecule has 0 saturated carbocycles. The Bertz CT molecular complexity index is 461. The van der Waals surface area contributed by atoms with E-state index >= 15 is 0 Å². The minimum absolute atomic E-state index is 0.0584. The van der Waals surface area contributed by atoms with Gasteiger partial charge in [-0.05, 0) is 38.5 Å². The average Bonchev–Trinajstić information content (AvgIpc) is 2.41. The number of amides is 1. The first kappa shape index (κ1) is 16.2. The first-order valence-electron chi connectivity index (χ1n) is 6.51. The Morgan fingerprint density at radius 3 is 2.25 bits per heavy atom. The third kappa shape index (κ3) is 5.84. The van der Waals surface area contributed by atoms with Crippen LogP contribution in [0.1, 0.15) is 36.7 Å². The third-order valence-electron chi connectivity index (χ3n) is 2.64. The van der Waals surface area contributed by atoms with Crippen molar-refractivity contribution >= 4 is 11.9 Å². The first-order chi connectivity index (χ1) is 9.31. The van der Waals surface area contributed by atoms with Gasteiger partial charge in [0.05, 0.1) is 19.2 Å². The summed E-state index contributed by atoms with van der Waals surface area (Å²) in [4.78, 5) is 22.9. The number of hydrogen-bond acceptors (Lipinski definition) is 4. The highest BCUT2D eigenvalue weighted by atomic mass is 16.5. The van der Waals surface area contributed by atoms with E-state index in [0.717, 1.165) is 5.56 Å². The molecule has 0 aliphatic carbocycles. The highest BCUT2D eigenvalue weighted by Crippen LogP contribution is 2.05. The van der Waals surface area contributed by atoms with Crippen molar-refractivity contribution in [1.29, 1.82) is 0 Å². The number of benzene rings is 1. The third-order valence-corrected chi connectivity index (χ3v) is 2.64. The summed E-state index contributed by atoms with van der Waals surface area (Å²) in [5.74, 6) is -0.424. The molecule has 2 N–H and O–H groups in total. The molecular formula is C15H22N2O3. The lowest BCUT2D eigenvalue weighted by Crippen LogP contribution is -2.43. The van der Waals surface area contributed by atoms with E-state index in [0.29, 0.717) is 12.1 Å². The zero-order chi connectivity index (χ0) is 15.2. The molecule has 110 valence electrons. The van der Waals surface area contributed by atoms with Gasteiger partial charge in [-0.3, -0.25) is 4.79 Å². The molecule has 1 aromatic carbocycles.